The van der Waals surface area contributed by atoms with Crippen molar-refractivity contribution in [3.05, 3.63) is 0 Å². The third-order valence-corrected chi connectivity index (χ3v) is 4.01. The minimum absolute atomic E-state index is 0.406. The summed E-state index contributed by atoms with van der Waals surface area (Å²) in [4.78, 5) is 5.00. The molecule has 4 nitrogen and oxygen atoms in total. The molecular weight excluding hydrogens is 214 g/mol. The van der Waals surface area contributed by atoms with Gasteiger partial charge in [-0.05, 0) is 39.5 Å². The van der Waals surface area contributed by atoms with E-state index in [2.05, 4.69) is 29.1 Å². The molecule has 2 saturated heterocycles. The largest absolute Gasteiger partial charge is 0.374 e. The van der Waals surface area contributed by atoms with Gasteiger partial charge in [0, 0.05) is 25.7 Å². The lowest BCUT2D eigenvalue weighted by Crippen LogP contribution is -2.50. The normalized spacial score (nSPS) is 28.8. The molecule has 0 amide bonds. The second-order valence-corrected chi connectivity index (χ2v) is 5.32. The highest BCUT2D eigenvalue weighted by atomic mass is 16.5. The molecule has 1 atom stereocenters. The lowest BCUT2D eigenvalue weighted by molar-refractivity contribution is -0.0423. The van der Waals surface area contributed by atoms with Gasteiger partial charge in [0.05, 0.1) is 12.7 Å². The maximum atomic E-state index is 5.87. The first kappa shape index (κ1) is 13.3. The molecule has 0 aromatic rings. The smallest absolute Gasteiger partial charge is 0.0829 e. The Balaban J connectivity index is 1.81. The van der Waals surface area contributed by atoms with Crippen LogP contribution in [0, 0.1) is 0 Å². The topological polar surface area (TPSA) is 27.7 Å². The van der Waals surface area contributed by atoms with Crippen LogP contribution in [0.3, 0.4) is 0 Å². The van der Waals surface area contributed by atoms with Crippen LogP contribution in [0.4, 0.5) is 0 Å². The van der Waals surface area contributed by atoms with Crippen LogP contribution in [-0.2, 0) is 4.74 Å². The third-order valence-electron chi connectivity index (χ3n) is 4.01. The highest BCUT2D eigenvalue weighted by Gasteiger charge is 2.25. The van der Waals surface area contributed by atoms with Crippen LogP contribution < -0.4 is 5.32 Å². The van der Waals surface area contributed by atoms with E-state index in [0.29, 0.717) is 6.10 Å². The molecule has 0 spiro atoms. The summed E-state index contributed by atoms with van der Waals surface area (Å²) >= 11 is 0. The summed E-state index contributed by atoms with van der Waals surface area (Å²) in [5.74, 6) is 0. The molecule has 0 aliphatic carbocycles. The van der Waals surface area contributed by atoms with E-state index in [0.717, 1.165) is 38.8 Å². The Labute approximate surface area is 105 Å². The molecule has 17 heavy (non-hydrogen) atoms. The summed E-state index contributed by atoms with van der Waals surface area (Å²) in [5.41, 5.74) is 0. The van der Waals surface area contributed by atoms with Crippen molar-refractivity contribution >= 4 is 0 Å². The van der Waals surface area contributed by atoms with Crippen LogP contribution in [-0.4, -0.2) is 74.9 Å². The predicted octanol–water partition coefficient (Wildman–Crippen LogP) is 0.391. The lowest BCUT2D eigenvalue weighted by Gasteiger charge is -2.38. The molecule has 1 unspecified atom stereocenters. The van der Waals surface area contributed by atoms with E-state index >= 15 is 0 Å². The van der Waals surface area contributed by atoms with E-state index in [4.69, 9.17) is 4.74 Å². The van der Waals surface area contributed by atoms with Crippen molar-refractivity contribution in [1.82, 2.24) is 15.1 Å². The van der Waals surface area contributed by atoms with E-state index in [1.807, 2.05) is 0 Å². The van der Waals surface area contributed by atoms with Gasteiger partial charge in [-0.15, -0.1) is 0 Å². The van der Waals surface area contributed by atoms with E-state index in [1.165, 1.54) is 25.9 Å². The molecule has 2 heterocycles. The quantitative estimate of drug-likeness (QED) is 0.771. The average Bonchev–Trinajstić information content (AvgIpc) is 2.37. The molecule has 1 N–H and O–H groups in total. The van der Waals surface area contributed by atoms with E-state index in [9.17, 15) is 0 Å². The van der Waals surface area contributed by atoms with Gasteiger partial charge in [-0.25, -0.2) is 0 Å². The zero-order chi connectivity index (χ0) is 12.1. The molecule has 4 heteroatoms. The van der Waals surface area contributed by atoms with Crippen LogP contribution in [0.2, 0.25) is 0 Å². The van der Waals surface area contributed by atoms with E-state index < -0.39 is 0 Å². The number of piperidine rings is 1. The van der Waals surface area contributed by atoms with Crippen molar-refractivity contribution in [3.8, 4) is 0 Å². The first-order chi connectivity index (χ1) is 8.29. The number of rotatable bonds is 4. The first-order valence-corrected chi connectivity index (χ1v) is 7.04. The molecule has 2 aliphatic rings. The van der Waals surface area contributed by atoms with Gasteiger partial charge in [-0.1, -0.05) is 6.92 Å². The Kier molecular flexibility index (Phi) is 5.22. The van der Waals surface area contributed by atoms with Crippen molar-refractivity contribution in [2.24, 2.45) is 0 Å². The van der Waals surface area contributed by atoms with Gasteiger partial charge >= 0.3 is 0 Å². The molecule has 0 aromatic heterocycles. The molecule has 2 aliphatic heterocycles. The first-order valence-electron chi connectivity index (χ1n) is 7.04. The van der Waals surface area contributed by atoms with Gasteiger partial charge in [0.1, 0.15) is 0 Å². The van der Waals surface area contributed by atoms with Crippen molar-refractivity contribution in [3.63, 3.8) is 0 Å². The fraction of sp³-hybridized carbons (Fsp3) is 1.00. The number of hydrogen-bond donors (Lipinski definition) is 1. The Morgan fingerprint density at radius 3 is 2.76 bits per heavy atom. The fourth-order valence-electron chi connectivity index (χ4n) is 2.95. The number of ether oxygens (including phenoxy) is 1. The zero-order valence-corrected chi connectivity index (χ0v) is 11.3. The number of nitrogens with one attached hydrogen (secondary N) is 1. The highest BCUT2D eigenvalue weighted by molar-refractivity contribution is 4.81. The fourth-order valence-corrected chi connectivity index (χ4v) is 2.95. The zero-order valence-electron chi connectivity index (χ0n) is 11.3. The number of morpholine rings is 1. The maximum Gasteiger partial charge on any atom is 0.0829 e. The maximum absolute atomic E-state index is 5.87. The molecule has 100 valence electrons. The van der Waals surface area contributed by atoms with Crippen LogP contribution in [0.15, 0.2) is 0 Å². The van der Waals surface area contributed by atoms with E-state index in [1.54, 1.807) is 0 Å². The van der Waals surface area contributed by atoms with Crippen LogP contribution in [0.5, 0.6) is 0 Å². The number of hydrogen-bond acceptors (Lipinski definition) is 4. The summed E-state index contributed by atoms with van der Waals surface area (Å²) in [5, 5.41) is 3.44. The van der Waals surface area contributed by atoms with Crippen molar-refractivity contribution in [1.29, 1.82) is 0 Å². The average molecular weight is 241 g/mol. The molecule has 0 aromatic carbocycles. The summed E-state index contributed by atoms with van der Waals surface area (Å²) in [6, 6.07) is 0.761. The number of likely N-dealkylation sites (N-methyl/N-ethyl adjacent to an activating group) is 2. The molecule has 0 saturated carbocycles. The summed E-state index contributed by atoms with van der Waals surface area (Å²) in [7, 11) is 2.19. The Morgan fingerprint density at radius 1 is 1.35 bits per heavy atom. The molecule has 0 bridgehead atoms. The minimum Gasteiger partial charge on any atom is -0.374 e. The molecular formula is C13H27N3O. The minimum atomic E-state index is 0.406. The highest BCUT2D eigenvalue weighted by Crippen LogP contribution is 2.14. The van der Waals surface area contributed by atoms with Crippen molar-refractivity contribution < 1.29 is 4.74 Å². The summed E-state index contributed by atoms with van der Waals surface area (Å²) in [6.07, 6.45) is 2.98. The monoisotopic (exact) mass is 241 g/mol. The second kappa shape index (κ2) is 6.69. The molecule has 2 fully saturated rings. The predicted molar refractivity (Wildman–Crippen MR) is 70.4 cm³/mol. The lowest BCUT2D eigenvalue weighted by atomic mass is 10.0. The Bertz CT molecular complexity index is 219. The summed E-state index contributed by atoms with van der Waals surface area (Å²) < 4.78 is 5.87. The van der Waals surface area contributed by atoms with Crippen LogP contribution >= 0.6 is 0 Å². The van der Waals surface area contributed by atoms with Gasteiger partial charge in [0.2, 0.25) is 0 Å². The second-order valence-electron chi connectivity index (χ2n) is 5.32. The summed E-state index contributed by atoms with van der Waals surface area (Å²) in [6.45, 7) is 9.93. The van der Waals surface area contributed by atoms with E-state index in [-0.39, 0.29) is 0 Å². The van der Waals surface area contributed by atoms with Crippen molar-refractivity contribution in [2.45, 2.75) is 31.9 Å². The van der Waals surface area contributed by atoms with Gasteiger partial charge in [-0.3, -0.25) is 4.90 Å². The molecule has 0 radical (unpaired) electrons. The van der Waals surface area contributed by atoms with Crippen molar-refractivity contribution in [2.75, 3.05) is 52.9 Å². The van der Waals surface area contributed by atoms with Gasteiger partial charge in [-0.2, -0.15) is 0 Å². The third kappa shape index (κ3) is 3.91. The van der Waals surface area contributed by atoms with Gasteiger partial charge in [0.25, 0.3) is 0 Å². The van der Waals surface area contributed by atoms with Gasteiger partial charge in [0.15, 0.2) is 0 Å². The standard InChI is InChI=1S/C13H27N3O/c1-3-16(12-4-6-14-7-5-12)11-13-10-15(2)8-9-17-13/h12-14H,3-11H2,1-2H3. The van der Waals surface area contributed by atoms with Crippen LogP contribution in [0.25, 0.3) is 0 Å². The number of nitrogens with zero attached hydrogens (tertiary/aromatic N) is 2. The molecule has 2 rings (SSSR count). The Hall–Kier alpha value is -0.160. The van der Waals surface area contributed by atoms with Gasteiger partial charge < -0.3 is 15.0 Å². The SMILES string of the molecule is CCN(CC1CN(C)CCO1)C1CCNCC1. The Morgan fingerprint density at radius 2 is 2.12 bits per heavy atom. The van der Waals surface area contributed by atoms with Crippen LogP contribution in [0.1, 0.15) is 19.8 Å².